The average molecular weight is 614 g/mol. The summed E-state index contributed by atoms with van der Waals surface area (Å²) < 4.78 is 81.5. The smallest absolute Gasteiger partial charge is 0.390 e. The van der Waals surface area contributed by atoms with Crippen molar-refractivity contribution in [3.8, 4) is 0 Å². The number of carbonyl (C=O) groups excluding carboxylic acids is 2. The predicted octanol–water partition coefficient (Wildman–Crippen LogP) is 4.62. The first-order valence-corrected chi connectivity index (χ1v) is 13.9. The Morgan fingerprint density at radius 3 is 1.93 bits per heavy atom. The van der Waals surface area contributed by atoms with Gasteiger partial charge in [-0.3, -0.25) is 4.79 Å². The summed E-state index contributed by atoms with van der Waals surface area (Å²) in [7, 11) is 1.43. The largest absolute Gasteiger partial charge is 0.416 e. The third kappa shape index (κ3) is 5.34. The van der Waals surface area contributed by atoms with Crippen LogP contribution >= 0.6 is 0 Å². The van der Waals surface area contributed by atoms with Gasteiger partial charge in [0, 0.05) is 39.0 Å². The molecule has 43 heavy (non-hydrogen) atoms. The van der Waals surface area contributed by atoms with E-state index < -0.39 is 76.1 Å². The molecular weight excluding hydrogens is 580 g/mol. The van der Waals surface area contributed by atoms with Gasteiger partial charge in [-0.1, -0.05) is 30.3 Å². The van der Waals surface area contributed by atoms with E-state index >= 15 is 0 Å². The van der Waals surface area contributed by atoms with Crippen molar-refractivity contribution in [2.45, 2.75) is 74.2 Å². The van der Waals surface area contributed by atoms with E-state index in [9.17, 15) is 46.1 Å². The Labute approximate surface area is 244 Å². The first kappa shape index (κ1) is 31.1. The molecule has 2 heterocycles. The summed E-state index contributed by atoms with van der Waals surface area (Å²) in [6.07, 6.45) is -11.3. The highest BCUT2D eigenvalue weighted by Gasteiger charge is 2.67. The van der Waals surface area contributed by atoms with Crippen LogP contribution < -0.4 is 0 Å². The zero-order chi connectivity index (χ0) is 31.7. The first-order valence-electron chi connectivity index (χ1n) is 13.9. The summed E-state index contributed by atoms with van der Waals surface area (Å²) in [5, 5.41) is 20.7. The zero-order valence-electron chi connectivity index (χ0n) is 23.8. The molecular formula is C30H33F6N3O4. The standard InChI is InChI=1S/C30H33F6N3O4/c1-27(2,18-11-19(29(31,32)33)13-20(12-18)30(34,35)36)25(42)37(3)22-16-38(15-21(22)17-7-5-4-6-8-17)26(43)39-10-9-23(40)28(39)14-24(28)41/h4-8,11-13,21-24,40-41H,9-10,14-16H2,1-3H3/t21-,22+,23-,24?,28?/m0/s1. The maximum atomic E-state index is 14.0. The summed E-state index contributed by atoms with van der Waals surface area (Å²) in [6, 6.07) is 9.10. The number of likely N-dealkylation sites (tertiary alicyclic amines) is 2. The summed E-state index contributed by atoms with van der Waals surface area (Å²) in [6.45, 7) is 3.01. The number of carbonyl (C=O) groups is 2. The monoisotopic (exact) mass is 613 g/mol. The second kappa shape index (κ2) is 10.4. The molecule has 2 N–H and O–H groups in total. The van der Waals surface area contributed by atoms with Crippen LogP contribution in [0.4, 0.5) is 31.1 Å². The average Bonchev–Trinajstić information content (AvgIpc) is 3.27. The second-order valence-electron chi connectivity index (χ2n) is 12.3. The van der Waals surface area contributed by atoms with E-state index in [1.165, 1.54) is 35.6 Å². The minimum atomic E-state index is -5.07. The number of likely N-dealkylation sites (N-methyl/N-ethyl adjacent to an activating group) is 1. The van der Waals surface area contributed by atoms with Crippen LogP contribution in [0.5, 0.6) is 0 Å². The van der Waals surface area contributed by atoms with Gasteiger partial charge in [-0.2, -0.15) is 26.3 Å². The molecule has 2 saturated heterocycles. The first-order chi connectivity index (χ1) is 19.9. The molecule has 2 unspecified atom stereocenters. The second-order valence-corrected chi connectivity index (χ2v) is 12.3. The fourth-order valence-electron chi connectivity index (χ4n) is 6.63. The Kier molecular flexibility index (Phi) is 7.52. The van der Waals surface area contributed by atoms with Crippen molar-refractivity contribution in [2.75, 3.05) is 26.7 Å². The van der Waals surface area contributed by atoms with Crippen LogP contribution in [0.25, 0.3) is 0 Å². The molecule has 234 valence electrons. The molecule has 3 fully saturated rings. The molecule has 0 radical (unpaired) electrons. The molecule has 0 aromatic heterocycles. The third-order valence-corrected chi connectivity index (χ3v) is 9.32. The number of rotatable bonds is 4. The molecule has 7 nitrogen and oxygen atoms in total. The fourth-order valence-corrected chi connectivity index (χ4v) is 6.63. The minimum Gasteiger partial charge on any atom is -0.390 e. The Morgan fingerprint density at radius 1 is 0.884 bits per heavy atom. The van der Waals surface area contributed by atoms with Crippen LogP contribution in [0.3, 0.4) is 0 Å². The van der Waals surface area contributed by atoms with Gasteiger partial charge in [0.1, 0.15) is 0 Å². The van der Waals surface area contributed by atoms with Crippen molar-refractivity contribution in [3.05, 3.63) is 70.8 Å². The molecule has 1 aliphatic carbocycles. The Bertz CT molecular complexity index is 1370. The molecule has 5 atom stereocenters. The van der Waals surface area contributed by atoms with E-state index in [4.69, 9.17) is 0 Å². The van der Waals surface area contributed by atoms with Crippen molar-refractivity contribution in [3.63, 3.8) is 0 Å². The van der Waals surface area contributed by atoms with E-state index in [-0.39, 0.29) is 32.1 Å². The van der Waals surface area contributed by atoms with E-state index in [0.717, 1.165) is 5.56 Å². The van der Waals surface area contributed by atoms with Gasteiger partial charge in [0.05, 0.1) is 40.3 Å². The lowest BCUT2D eigenvalue weighted by molar-refractivity contribution is -0.144. The molecule has 5 rings (SSSR count). The number of urea groups is 1. The number of nitrogens with zero attached hydrogens (tertiary/aromatic N) is 3. The Morgan fingerprint density at radius 2 is 1.42 bits per heavy atom. The molecule has 0 bridgehead atoms. The molecule has 3 amide bonds. The zero-order valence-corrected chi connectivity index (χ0v) is 23.8. The summed E-state index contributed by atoms with van der Waals surface area (Å²) in [5.74, 6) is -1.14. The number of halogens is 6. The summed E-state index contributed by atoms with van der Waals surface area (Å²) in [4.78, 5) is 32.0. The topological polar surface area (TPSA) is 84.3 Å². The van der Waals surface area contributed by atoms with Gasteiger partial charge in [0.25, 0.3) is 0 Å². The van der Waals surface area contributed by atoms with E-state index in [1.54, 1.807) is 18.2 Å². The predicted molar refractivity (Wildman–Crippen MR) is 143 cm³/mol. The highest BCUT2D eigenvalue weighted by molar-refractivity contribution is 5.88. The summed E-state index contributed by atoms with van der Waals surface area (Å²) in [5.41, 5.74) is -5.50. The Hall–Kier alpha value is -3.32. The number of aliphatic hydroxyl groups is 2. The quantitative estimate of drug-likeness (QED) is 0.494. The normalized spacial score (nSPS) is 27.6. The van der Waals surface area contributed by atoms with Gasteiger partial charge in [0.15, 0.2) is 0 Å². The number of hydrogen-bond donors (Lipinski definition) is 2. The van der Waals surface area contributed by atoms with Crippen LogP contribution in [0.2, 0.25) is 0 Å². The van der Waals surface area contributed by atoms with Crippen LogP contribution in [0.15, 0.2) is 48.5 Å². The number of aliphatic hydroxyl groups excluding tert-OH is 2. The lowest BCUT2D eigenvalue weighted by atomic mass is 9.80. The summed E-state index contributed by atoms with van der Waals surface area (Å²) >= 11 is 0. The van der Waals surface area contributed by atoms with E-state index in [0.29, 0.717) is 18.6 Å². The number of alkyl halides is 6. The Balaban J connectivity index is 1.46. The molecule has 2 aliphatic heterocycles. The van der Waals surface area contributed by atoms with Crippen LogP contribution in [0.1, 0.15) is 54.9 Å². The van der Waals surface area contributed by atoms with E-state index in [1.807, 2.05) is 12.1 Å². The number of benzene rings is 2. The number of amides is 3. The number of hydrogen-bond acceptors (Lipinski definition) is 4. The van der Waals surface area contributed by atoms with Gasteiger partial charge in [-0.15, -0.1) is 0 Å². The van der Waals surface area contributed by atoms with Gasteiger partial charge >= 0.3 is 18.4 Å². The van der Waals surface area contributed by atoms with Crippen LogP contribution in [-0.4, -0.2) is 87.3 Å². The van der Waals surface area contributed by atoms with Gasteiger partial charge in [0.2, 0.25) is 5.91 Å². The molecule has 1 saturated carbocycles. The maximum absolute atomic E-state index is 14.0. The molecule has 2 aromatic carbocycles. The molecule has 3 aliphatic rings. The van der Waals surface area contributed by atoms with Crippen molar-refractivity contribution < 1.29 is 46.1 Å². The van der Waals surface area contributed by atoms with Gasteiger partial charge in [-0.05, 0) is 49.6 Å². The third-order valence-electron chi connectivity index (χ3n) is 9.32. The fraction of sp³-hybridized carbons (Fsp3) is 0.533. The van der Waals surface area contributed by atoms with Crippen molar-refractivity contribution in [1.29, 1.82) is 0 Å². The van der Waals surface area contributed by atoms with Crippen molar-refractivity contribution >= 4 is 11.9 Å². The van der Waals surface area contributed by atoms with Crippen LogP contribution in [-0.2, 0) is 22.6 Å². The van der Waals surface area contributed by atoms with Crippen molar-refractivity contribution in [2.24, 2.45) is 0 Å². The van der Waals surface area contributed by atoms with Gasteiger partial charge in [-0.25, -0.2) is 4.79 Å². The van der Waals surface area contributed by atoms with Crippen molar-refractivity contribution in [1.82, 2.24) is 14.7 Å². The lowest BCUT2D eigenvalue weighted by Crippen LogP contribution is -2.51. The van der Waals surface area contributed by atoms with Gasteiger partial charge < -0.3 is 24.9 Å². The minimum absolute atomic E-state index is 0.0263. The highest BCUT2D eigenvalue weighted by atomic mass is 19.4. The lowest BCUT2D eigenvalue weighted by Gasteiger charge is -2.36. The SMILES string of the molecule is CN(C(=O)C(C)(C)c1cc(C(F)(F)F)cc(C(F)(F)F)c1)[C@@H]1CN(C(=O)N2CC[C@H](O)C23CC3O)C[C@H]1c1ccccc1. The van der Waals surface area contributed by atoms with E-state index in [2.05, 4.69) is 0 Å². The highest BCUT2D eigenvalue weighted by Crippen LogP contribution is 2.50. The molecule has 13 heteroatoms. The molecule has 1 spiro atoms. The molecule has 2 aromatic rings. The van der Waals surface area contributed by atoms with Crippen LogP contribution in [0, 0.1) is 0 Å². The maximum Gasteiger partial charge on any atom is 0.416 e.